The van der Waals surface area contributed by atoms with Gasteiger partial charge in [0.25, 0.3) is 0 Å². The molecule has 6 heteroatoms. The van der Waals surface area contributed by atoms with Gasteiger partial charge in [-0.25, -0.2) is 0 Å². The summed E-state index contributed by atoms with van der Waals surface area (Å²) in [7, 11) is 0. The number of nitrogens with one attached hydrogen (secondary N) is 2. The molecule has 2 rings (SSSR count). The zero-order chi connectivity index (χ0) is 8.39. The molecule has 1 aromatic heterocycles. The van der Waals surface area contributed by atoms with E-state index in [0.717, 1.165) is 0 Å². The van der Waals surface area contributed by atoms with Crippen molar-refractivity contribution in [1.82, 2.24) is 25.9 Å². The molecule has 1 aliphatic heterocycles. The zero-order valence-corrected chi connectivity index (χ0v) is 6.19. The average Bonchev–Trinajstić information content (AvgIpc) is 2.57. The number of hydrogen-bond acceptors (Lipinski definition) is 4. The predicted molar refractivity (Wildman–Crippen MR) is 38.8 cm³/mol. The summed E-state index contributed by atoms with van der Waals surface area (Å²) in [6, 6.07) is 0. The Morgan fingerprint density at radius 3 is 3.17 bits per heavy atom. The van der Waals surface area contributed by atoms with Crippen LogP contribution in [0.15, 0.2) is 12.3 Å². The van der Waals surface area contributed by atoms with Gasteiger partial charge in [-0.3, -0.25) is 4.79 Å². The van der Waals surface area contributed by atoms with Gasteiger partial charge >= 0.3 is 0 Å². The topological polar surface area (TPSA) is 83.6 Å². The second kappa shape index (κ2) is 2.72. The van der Waals surface area contributed by atoms with Gasteiger partial charge in [-0.1, -0.05) is 11.3 Å². The Balaban J connectivity index is 2.24. The highest BCUT2D eigenvalue weighted by Crippen LogP contribution is 2.17. The van der Waals surface area contributed by atoms with Crippen molar-refractivity contribution in [2.24, 2.45) is 0 Å². The van der Waals surface area contributed by atoms with Crippen LogP contribution in [0.5, 0.6) is 0 Å². The first kappa shape index (κ1) is 6.96. The molecule has 62 valence electrons. The van der Waals surface area contributed by atoms with Gasteiger partial charge < -0.3 is 5.32 Å². The normalized spacial score (nSPS) is 22.3. The monoisotopic (exact) mass is 165 g/mol. The molecule has 0 saturated carbocycles. The minimum absolute atomic E-state index is 0.0844. The Kier molecular flexibility index (Phi) is 1.58. The van der Waals surface area contributed by atoms with Crippen LogP contribution in [-0.4, -0.2) is 26.5 Å². The molecule has 0 saturated heterocycles. The van der Waals surface area contributed by atoms with Gasteiger partial charge in [0.05, 0.1) is 0 Å². The first-order valence-electron chi connectivity index (χ1n) is 3.56. The third-order valence-electron chi connectivity index (χ3n) is 1.71. The molecule has 1 aromatic rings. The standard InChI is InChI=1S/C6H7N5O/c12-6-4(2-1-3-7-6)5-8-10-11-9-5/h1,3-4H,2H2,(H,7,12)(H,8,9,10,11). The Bertz CT molecular complexity index is 304. The van der Waals surface area contributed by atoms with Crippen LogP contribution in [0, 0.1) is 0 Å². The van der Waals surface area contributed by atoms with E-state index in [0.29, 0.717) is 12.2 Å². The maximum atomic E-state index is 11.2. The van der Waals surface area contributed by atoms with Crippen molar-refractivity contribution < 1.29 is 4.79 Å². The van der Waals surface area contributed by atoms with Gasteiger partial charge in [-0.15, -0.1) is 10.2 Å². The van der Waals surface area contributed by atoms with Gasteiger partial charge in [0.15, 0.2) is 5.82 Å². The fourth-order valence-corrected chi connectivity index (χ4v) is 1.09. The Morgan fingerprint density at radius 2 is 2.50 bits per heavy atom. The number of hydrogen-bond donors (Lipinski definition) is 2. The number of H-pyrrole nitrogens is 1. The highest BCUT2D eigenvalue weighted by molar-refractivity contribution is 5.84. The molecule has 1 amide bonds. The summed E-state index contributed by atoms with van der Waals surface area (Å²) in [6.45, 7) is 0. The second-order valence-corrected chi connectivity index (χ2v) is 2.47. The maximum Gasteiger partial charge on any atom is 0.235 e. The van der Waals surface area contributed by atoms with Gasteiger partial charge in [-0.05, 0) is 12.6 Å². The smallest absolute Gasteiger partial charge is 0.235 e. The molecule has 0 fully saturated rings. The van der Waals surface area contributed by atoms with Crippen molar-refractivity contribution >= 4 is 5.91 Å². The van der Waals surface area contributed by atoms with E-state index < -0.39 is 0 Å². The van der Waals surface area contributed by atoms with Crippen molar-refractivity contribution in [3.8, 4) is 0 Å². The van der Waals surface area contributed by atoms with Gasteiger partial charge in [-0.2, -0.15) is 5.21 Å². The molecule has 1 aliphatic rings. The highest BCUT2D eigenvalue weighted by atomic mass is 16.1. The Labute approximate surface area is 68.0 Å². The zero-order valence-electron chi connectivity index (χ0n) is 6.19. The number of carbonyl (C=O) groups is 1. The summed E-state index contributed by atoms with van der Waals surface area (Å²) in [6.07, 6.45) is 4.12. The van der Waals surface area contributed by atoms with Crippen LogP contribution >= 0.6 is 0 Å². The molecule has 1 atom stereocenters. The van der Waals surface area contributed by atoms with Crippen LogP contribution in [0.1, 0.15) is 18.2 Å². The largest absolute Gasteiger partial charge is 0.332 e. The molecule has 6 nitrogen and oxygen atoms in total. The molecular formula is C6H7N5O. The number of allylic oxidation sites excluding steroid dienone is 1. The molecule has 12 heavy (non-hydrogen) atoms. The number of carbonyl (C=O) groups excluding carboxylic acids is 1. The van der Waals surface area contributed by atoms with Crippen LogP contribution in [0.25, 0.3) is 0 Å². The molecule has 0 spiro atoms. The molecule has 2 N–H and O–H groups in total. The second-order valence-electron chi connectivity index (χ2n) is 2.47. The molecule has 0 aliphatic carbocycles. The minimum atomic E-state index is -0.297. The van der Waals surface area contributed by atoms with Crippen molar-refractivity contribution in [3.63, 3.8) is 0 Å². The fourth-order valence-electron chi connectivity index (χ4n) is 1.09. The number of tetrazole rings is 1. The van der Waals surface area contributed by atoms with E-state index in [1.165, 1.54) is 0 Å². The first-order valence-corrected chi connectivity index (χ1v) is 3.56. The summed E-state index contributed by atoms with van der Waals surface area (Å²) in [5.74, 6) is 0.0597. The molecule has 0 aromatic carbocycles. The van der Waals surface area contributed by atoms with E-state index in [4.69, 9.17) is 0 Å². The third-order valence-corrected chi connectivity index (χ3v) is 1.71. The summed E-state index contributed by atoms with van der Waals surface area (Å²) < 4.78 is 0. The highest BCUT2D eigenvalue weighted by Gasteiger charge is 2.24. The van der Waals surface area contributed by atoms with Gasteiger partial charge in [0.1, 0.15) is 5.92 Å². The number of aromatic nitrogens is 4. The molecular weight excluding hydrogens is 158 g/mol. The average molecular weight is 165 g/mol. The Morgan fingerprint density at radius 1 is 1.58 bits per heavy atom. The molecule has 0 radical (unpaired) electrons. The van der Waals surface area contributed by atoms with Crippen LogP contribution in [-0.2, 0) is 4.79 Å². The van der Waals surface area contributed by atoms with Crippen molar-refractivity contribution in [2.75, 3.05) is 0 Å². The number of nitrogens with zero attached hydrogens (tertiary/aromatic N) is 3. The van der Waals surface area contributed by atoms with E-state index in [1.807, 2.05) is 6.08 Å². The van der Waals surface area contributed by atoms with E-state index in [9.17, 15) is 4.79 Å². The lowest BCUT2D eigenvalue weighted by molar-refractivity contribution is -0.122. The van der Waals surface area contributed by atoms with E-state index >= 15 is 0 Å². The lowest BCUT2D eigenvalue weighted by Crippen LogP contribution is -2.28. The maximum absolute atomic E-state index is 11.2. The lowest BCUT2D eigenvalue weighted by Gasteiger charge is -2.12. The van der Waals surface area contributed by atoms with Crippen molar-refractivity contribution in [3.05, 3.63) is 18.1 Å². The van der Waals surface area contributed by atoms with Crippen molar-refractivity contribution in [2.45, 2.75) is 12.3 Å². The molecule has 2 heterocycles. The van der Waals surface area contributed by atoms with Crippen LogP contribution in [0.4, 0.5) is 0 Å². The molecule has 0 bridgehead atoms. The summed E-state index contributed by atoms with van der Waals surface area (Å²) >= 11 is 0. The van der Waals surface area contributed by atoms with E-state index in [-0.39, 0.29) is 11.8 Å². The summed E-state index contributed by atoms with van der Waals surface area (Å²) in [4.78, 5) is 11.2. The quantitative estimate of drug-likeness (QED) is 0.577. The predicted octanol–water partition coefficient (Wildman–Crippen LogP) is -0.683. The number of amides is 1. The SMILES string of the molecule is O=C1NC=CCC1c1nn[nH]n1. The third kappa shape index (κ3) is 1.07. The van der Waals surface area contributed by atoms with Gasteiger partial charge in [0, 0.05) is 0 Å². The van der Waals surface area contributed by atoms with Gasteiger partial charge in [0.2, 0.25) is 5.91 Å². The fraction of sp³-hybridized carbons (Fsp3) is 0.333. The Hall–Kier alpha value is -1.72. The van der Waals surface area contributed by atoms with E-state index in [2.05, 4.69) is 25.9 Å². The van der Waals surface area contributed by atoms with Crippen LogP contribution in [0.3, 0.4) is 0 Å². The summed E-state index contributed by atoms with van der Waals surface area (Å²) in [5, 5.41) is 15.8. The van der Waals surface area contributed by atoms with Crippen LogP contribution in [0.2, 0.25) is 0 Å². The minimum Gasteiger partial charge on any atom is -0.332 e. The first-order chi connectivity index (χ1) is 5.88. The van der Waals surface area contributed by atoms with Crippen LogP contribution < -0.4 is 5.32 Å². The lowest BCUT2D eigenvalue weighted by atomic mass is 10.0. The number of aromatic amines is 1. The number of rotatable bonds is 1. The molecule has 1 unspecified atom stereocenters. The van der Waals surface area contributed by atoms with Crippen molar-refractivity contribution in [1.29, 1.82) is 0 Å². The summed E-state index contributed by atoms with van der Waals surface area (Å²) in [5.41, 5.74) is 0. The van der Waals surface area contributed by atoms with E-state index in [1.54, 1.807) is 6.20 Å².